The van der Waals surface area contributed by atoms with Crippen molar-refractivity contribution >= 4 is 40.6 Å². The molecule has 2 N–H and O–H groups in total. The SMILES string of the molecule is CCOC(=O)c1ccc(NC(=S)N[C@H](CC(C)C)c2ccccc2)cc1Cl. The average Bonchev–Trinajstić information content (AvgIpc) is 2.61. The summed E-state index contributed by atoms with van der Waals surface area (Å²) < 4.78 is 4.99. The van der Waals surface area contributed by atoms with E-state index < -0.39 is 5.97 Å². The van der Waals surface area contributed by atoms with E-state index in [4.69, 9.17) is 28.6 Å². The minimum atomic E-state index is -0.434. The highest BCUT2D eigenvalue weighted by Gasteiger charge is 2.15. The second-order valence-corrected chi connectivity index (χ2v) is 7.42. The Balaban J connectivity index is 2.07. The molecular weight excluding hydrogens is 380 g/mol. The fourth-order valence-electron chi connectivity index (χ4n) is 2.73. The van der Waals surface area contributed by atoms with Crippen molar-refractivity contribution in [2.24, 2.45) is 5.92 Å². The van der Waals surface area contributed by atoms with Crippen LogP contribution in [-0.4, -0.2) is 17.7 Å². The van der Waals surface area contributed by atoms with Gasteiger partial charge in [-0.05, 0) is 55.2 Å². The van der Waals surface area contributed by atoms with Gasteiger partial charge in [0, 0.05) is 5.69 Å². The lowest BCUT2D eigenvalue weighted by molar-refractivity contribution is 0.0526. The molecule has 2 rings (SSSR count). The Morgan fingerprint density at radius 2 is 1.89 bits per heavy atom. The van der Waals surface area contributed by atoms with Crippen molar-refractivity contribution in [3.63, 3.8) is 0 Å². The molecule has 0 aromatic heterocycles. The van der Waals surface area contributed by atoms with Gasteiger partial charge in [-0.25, -0.2) is 4.79 Å². The van der Waals surface area contributed by atoms with E-state index in [9.17, 15) is 4.79 Å². The molecule has 0 aliphatic carbocycles. The van der Waals surface area contributed by atoms with Gasteiger partial charge in [0.1, 0.15) is 0 Å². The van der Waals surface area contributed by atoms with E-state index in [-0.39, 0.29) is 6.04 Å². The summed E-state index contributed by atoms with van der Waals surface area (Å²) in [5.41, 5.74) is 2.23. The second-order valence-electron chi connectivity index (χ2n) is 6.61. The van der Waals surface area contributed by atoms with Crippen LogP contribution in [0.4, 0.5) is 5.69 Å². The summed E-state index contributed by atoms with van der Waals surface area (Å²) in [6.07, 6.45) is 0.953. The predicted octanol–water partition coefficient (Wildman–Crippen LogP) is 5.59. The molecule has 0 fully saturated rings. The molecule has 144 valence electrons. The number of anilines is 1. The molecule has 0 spiro atoms. The first-order valence-corrected chi connectivity index (χ1v) is 9.78. The fourth-order valence-corrected chi connectivity index (χ4v) is 3.25. The molecule has 6 heteroatoms. The number of nitrogens with one attached hydrogen (secondary N) is 2. The molecule has 0 aliphatic rings. The van der Waals surface area contributed by atoms with Crippen molar-refractivity contribution in [3.8, 4) is 0 Å². The van der Waals surface area contributed by atoms with Gasteiger partial charge in [0.15, 0.2) is 5.11 Å². The third-order valence-electron chi connectivity index (χ3n) is 3.94. The number of ether oxygens (including phenoxy) is 1. The molecule has 4 nitrogen and oxygen atoms in total. The normalized spacial score (nSPS) is 11.7. The third-order valence-corrected chi connectivity index (χ3v) is 4.47. The Bertz CT molecular complexity index is 781. The number of esters is 1. The molecule has 2 aromatic rings. The van der Waals surface area contributed by atoms with Crippen molar-refractivity contribution in [1.29, 1.82) is 0 Å². The zero-order chi connectivity index (χ0) is 19.8. The van der Waals surface area contributed by atoms with Gasteiger partial charge in [-0.3, -0.25) is 0 Å². The van der Waals surface area contributed by atoms with E-state index in [0.717, 1.165) is 6.42 Å². The van der Waals surface area contributed by atoms with Gasteiger partial charge in [0.2, 0.25) is 0 Å². The molecular formula is C21H25ClN2O2S. The number of benzene rings is 2. The first-order valence-electron chi connectivity index (χ1n) is 8.99. The van der Waals surface area contributed by atoms with E-state index in [1.807, 2.05) is 18.2 Å². The third kappa shape index (κ3) is 6.52. The summed E-state index contributed by atoms with van der Waals surface area (Å²) in [5, 5.41) is 7.34. The minimum Gasteiger partial charge on any atom is -0.462 e. The lowest BCUT2D eigenvalue weighted by atomic mass is 9.97. The molecule has 2 aromatic carbocycles. The monoisotopic (exact) mass is 404 g/mol. The van der Waals surface area contributed by atoms with Crippen LogP contribution in [0.25, 0.3) is 0 Å². The van der Waals surface area contributed by atoms with Crippen molar-refractivity contribution in [2.75, 3.05) is 11.9 Å². The van der Waals surface area contributed by atoms with Crippen molar-refractivity contribution in [3.05, 3.63) is 64.7 Å². The number of carbonyl (C=O) groups is 1. The Labute approximate surface area is 171 Å². The smallest absolute Gasteiger partial charge is 0.339 e. The van der Waals surface area contributed by atoms with Crippen LogP contribution in [0, 0.1) is 5.92 Å². The molecule has 0 amide bonds. The number of hydrogen-bond donors (Lipinski definition) is 2. The van der Waals surface area contributed by atoms with Gasteiger partial charge in [-0.1, -0.05) is 55.8 Å². The van der Waals surface area contributed by atoms with Crippen LogP contribution in [-0.2, 0) is 4.74 Å². The first kappa shape index (κ1) is 21.2. The maximum atomic E-state index is 11.8. The zero-order valence-electron chi connectivity index (χ0n) is 15.8. The van der Waals surface area contributed by atoms with Gasteiger partial charge in [-0.2, -0.15) is 0 Å². The molecule has 0 unspecified atom stereocenters. The fraction of sp³-hybridized carbons (Fsp3) is 0.333. The van der Waals surface area contributed by atoms with Crippen molar-refractivity contribution in [2.45, 2.75) is 33.2 Å². The number of halogens is 1. The quantitative estimate of drug-likeness (QED) is 0.465. The van der Waals surface area contributed by atoms with Crippen molar-refractivity contribution < 1.29 is 9.53 Å². The van der Waals surface area contributed by atoms with Gasteiger partial charge in [-0.15, -0.1) is 0 Å². The molecule has 0 aliphatic heterocycles. The molecule has 0 bridgehead atoms. The summed E-state index contributed by atoms with van der Waals surface area (Å²) in [7, 11) is 0. The molecule has 0 radical (unpaired) electrons. The van der Waals surface area contributed by atoms with Crippen molar-refractivity contribution in [1.82, 2.24) is 5.32 Å². The maximum absolute atomic E-state index is 11.8. The Kier molecular flexibility index (Phi) is 8.07. The van der Waals surface area contributed by atoms with E-state index >= 15 is 0 Å². The van der Waals surface area contributed by atoms with Crippen LogP contribution < -0.4 is 10.6 Å². The number of hydrogen-bond acceptors (Lipinski definition) is 3. The summed E-state index contributed by atoms with van der Waals surface area (Å²) >= 11 is 11.7. The van der Waals surface area contributed by atoms with Gasteiger partial charge < -0.3 is 15.4 Å². The van der Waals surface area contributed by atoms with E-state index in [2.05, 4.69) is 36.6 Å². The van der Waals surface area contributed by atoms with Gasteiger partial charge in [0.05, 0.1) is 23.2 Å². The topological polar surface area (TPSA) is 50.4 Å². The van der Waals surface area contributed by atoms with Crippen LogP contribution in [0.1, 0.15) is 49.2 Å². The molecule has 27 heavy (non-hydrogen) atoms. The zero-order valence-corrected chi connectivity index (χ0v) is 17.4. The van der Waals surface area contributed by atoms with E-state index in [0.29, 0.717) is 33.9 Å². The van der Waals surface area contributed by atoms with E-state index in [1.165, 1.54) is 5.56 Å². The van der Waals surface area contributed by atoms with Gasteiger partial charge >= 0.3 is 5.97 Å². The number of carbonyl (C=O) groups excluding carboxylic acids is 1. The molecule has 1 atom stereocenters. The predicted molar refractivity (Wildman–Crippen MR) is 115 cm³/mol. The van der Waals surface area contributed by atoms with Crippen LogP contribution in [0.5, 0.6) is 0 Å². The summed E-state index contributed by atoms with van der Waals surface area (Å²) in [6, 6.07) is 15.4. The Hall–Kier alpha value is -2.11. The maximum Gasteiger partial charge on any atom is 0.339 e. The highest BCUT2D eigenvalue weighted by Crippen LogP contribution is 2.23. The van der Waals surface area contributed by atoms with Crippen LogP contribution >= 0.6 is 23.8 Å². The largest absolute Gasteiger partial charge is 0.462 e. The lowest BCUT2D eigenvalue weighted by Crippen LogP contribution is -2.33. The van der Waals surface area contributed by atoms with Crippen LogP contribution in [0.2, 0.25) is 5.02 Å². The average molecular weight is 405 g/mol. The Morgan fingerprint density at radius 1 is 1.19 bits per heavy atom. The summed E-state index contributed by atoms with van der Waals surface area (Å²) in [6.45, 7) is 6.43. The van der Waals surface area contributed by atoms with E-state index in [1.54, 1.807) is 25.1 Å². The molecule has 0 saturated heterocycles. The number of rotatable bonds is 7. The molecule has 0 saturated carbocycles. The standard InChI is InChI=1S/C21H25ClN2O2S/c1-4-26-20(25)17-11-10-16(13-18(17)22)23-21(27)24-19(12-14(2)3)15-8-6-5-7-9-15/h5-11,13-14,19H,4,12H2,1-3H3,(H2,23,24,27)/t19-/m1/s1. The first-order chi connectivity index (χ1) is 12.9. The second kappa shape index (κ2) is 10.3. The van der Waals surface area contributed by atoms with Crippen LogP contribution in [0.3, 0.4) is 0 Å². The minimum absolute atomic E-state index is 0.112. The highest BCUT2D eigenvalue weighted by molar-refractivity contribution is 7.80. The number of thiocarbonyl (C=S) groups is 1. The molecule has 0 heterocycles. The summed E-state index contributed by atoms with van der Waals surface area (Å²) in [4.78, 5) is 11.8. The van der Waals surface area contributed by atoms with Gasteiger partial charge in [0.25, 0.3) is 0 Å². The highest BCUT2D eigenvalue weighted by atomic mass is 35.5. The van der Waals surface area contributed by atoms with Crippen LogP contribution in [0.15, 0.2) is 48.5 Å². The lowest BCUT2D eigenvalue weighted by Gasteiger charge is -2.23. The Morgan fingerprint density at radius 3 is 2.48 bits per heavy atom. The summed E-state index contributed by atoms with van der Waals surface area (Å²) in [5.74, 6) is 0.0830.